The molecule has 1 aliphatic carbocycles. The maximum absolute atomic E-state index is 11.3. The highest BCUT2D eigenvalue weighted by Crippen LogP contribution is 2.37. The van der Waals surface area contributed by atoms with E-state index < -0.39 is 6.09 Å². The molecule has 13 nitrogen and oxygen atoms in total. The normalized spacial score (nSPS) is 19.0. The first kappa shape index (κ1) is 26.3. The summed E-state index contributed by atoms with van der Waals surface area (Å²) in [4.78, 5) is 22.3. The second kappa shape index (κ2) is 10.8. The van der Waals surface area contributed by atoms with Crippen LogP contribution in [0, 0.1) is 22.7 Å². The first-order chi connectivity index (χ1) is 18.7. The number of hydrogen-bond acceptors (Lipinski definition) is 10. The molecule has 5 N–H and O–H groups in total. The van der Waals surface area contributed by atoms with Crippen molar-refractivity contribution >= 4 is 46.5 Å². The molecule has 39 heavy (non-hydrogen) atoms. The molecule has 0 radical (unpaired) electrons. The molecule has 2 aromatic heterocycles. The van der Waals surface area contributed by atoms with Crippen LogP contribution in [-0.4, -0.2) is 68.0 Å². The number of amides is 1. The number of hydrogen-bond donors (Lipinski definition) is 5. The molecule has 0 spiro atoms. The van der Waals surface area contributed by atoms with Gasteiger partial charge in [0.15, 0.2) is 17.2 Å². The molecule has 1 aromatic carbocycles. The molecule has 3 aromatic rings. The number of benzene rings is 1. The lowest BCUT2D eigenvalue weighted by molar-refractivity contribution is 0.182. The molecular formula is C25H28ClN11O2. The lowest BCUT2D eigenvalue weighted by Gasteiger charge is -2.41. The number of nitrogens with zero attached hydrogens (tertiary/aromatic N) is 7. The quantitative estimate of drug-likeness (QED) is 0.278. The zero-order valence-corrected chi connectivity index (χ0v) is 22.2. The summed E-state index contributed by atoms with van der Waals surface area (Å²) in [5.74, 6) is 0.687. The maximum Gasteiger partial charge on any atom is 0.404 e. The van der Waals surface area contributed by atoms with Gasteiger partial charge in [0.1, 0.15) is 6.07 Å². The predicted octanol–water partition coefficient (Wildman–Crippen LogP) is 3.05. The van der Waals surface area contributed by atoms with Crippen LogP contribution in [0.2, 0.25) is 5.02 Å². The highest BCUT2D eigenvalue weighted by atomic mass is 35.5. The van der Waals surface area contributed by atoms with Gasteiger partial charge in [-0.25, -0.2) is 9.78 Å². The minimum atomic E-state index is -1.06. The molecule has 14 heteroatoms. The highest BCUT2D eigenvalue weighted by Gasteiger charge is 2.32. The Hall–Kier alpha value is -4.33. The Balaban J connectivity index is 1.48. The smallest absolute Gasteiger partial charge is 0.404 e. The number of nitrogens with one attached hydrogen (secondary N) is 4. The molecule has 202 valence electrons. The van der Waals surface area contributed by atoms with Crippen molar-refractivity contribution in [3.05, 3.63) is 34.6 Å². The lowest BCUT2D eigenvalue weighted by atomic mass is 9.97. The van der Waals surface area contributed by atoms with Crippen LogP contribution >= 0.6 is 11.6 Å². The zero-order valence-electron chi connectivity index (χ0n) is 21.4. The monoisotopic (exact) mass is 549 g/mol. The molecule has 1 amide bonds. The van der Waals surface area contributed by atoms with Gasteiger partial charge in [-0.05, 0) is 31.4 Å². The Morgan fingerprint density at radius 1 is 1.21 bits per heavy atom. The Morgan fingerprint density at radius 2 is 2.00 bits per heavy atom. The Kier molecular flexibility index (Phi) is 7.28. The first-order valence-electron chi connectivity index (χ1n) is 12.7. The number of imidazole rings is 1. The van der Waals surface area contributed by atoms with Gasteiger partial charge in [-0.3, -0.25) is 0 Å². The van der Waals surface area contributed by atoms with E-state index >= 15 is 0 Å². The number of anilines is 4. The van der Waals surface area contributed by atoms with Crippen LogP contribution in [0.25, 0.3) is 5.65 Å². The minimum Gasteiger partial charge on any atom is -0.465 e. The highest BCUT2D eigenvalue weighted by molar-refractivity contribution is 6.36. The van der Waals surface area contributed by atoms with Crippen molar-refractivity contribution in [1.29, 1.82) is 10.5 Å². The molecule has 1 aliphatic heterocycles. The van der Waals surface area contributed by atoms with E-state index in [2.05, 4.69) is 48.5 Å². The summed E-state index contributed by atoms with van der Waals surface area (Å²) in [5, 5.41) is 45.9. The maximum atomic E-state index is 11.3. The van der Waals surface area contributed by atoms with Crippen molar-refractivity contribution < 1.29 is 9.90 Å². The standard InChI is InChI=1S/C25H28ClN11O2/c1-13(2)30-19-12-36(6-5-17(19)33-25(38)39)20-8-14(9-27)7-18(21(20)26)32-24-34-22(31-15-3-4-15)23-29-11-16(10-28)37(23)35-24/h7-8,11,13,15,17,19,30,33H,3-6,12H2,1-2H3,(H,38,39)(H2,31,32,34,35)/t17-,19+/m0/s1. The number of fused-ring (bicyclic) bond motifs is 1. The Bertz CT molecular complexity index is 1490. The Labute approximate surface area is 229 Å². The summed E-state index contributed by atoms with van der Waals surface area (Å²) >= 11 is 6.90. The average molecular weight is 550 g/mol. The minimum absolute atomic E-state index is 0.137. The summed E-state index contributed by atoms with van der Waals surface area (Å²) in [6.45, 7) is 5.02. The summed E-state index contributed by atoms with van der Waals surface area (Å²) in [6.07, 6.45) is 2.98. The third-order valence-corrected chi connectivity index (χ3v) is 7.03. The second-order valence-electron chi connectivity index (χ2n) is 10.0. The van der Waals surface area contributed by atoms with E-state index in [4.69, 9.17) is 11.6 Å². The van der Waals surface area contributed by atoms with E-state index in [1.54, 1.807) is 12.1 Å². The molecule has 0 unspecified atom stereocenters. The van der Waals surface area contributed by atoms with E-state index in [1.165, 1.54) is 10.7 Å². The van der Waals surface area contributed by atoms with Crippen LogP contribution in [0.3, 0.4) is 0 Å². The number of halogens is 1. The third kappa shape index (κ3) is 5.74. The number of carboxylic acid groups (broad SMARTS) is 1. The van der Waals surface area contributed by atoms with Gasteiger partial charge in [0.2, 0.25) is 5.95 Å². The van der Waals surface area contributed by atoms with Gasteiger partial charge >= 0.3 is 6.09 Å². The number of nitriles is 2. The molecule has 2 aliphatic rings. The number of piperidine rings is 1. The van der Waals surface area contributed by atoms with Gasteiger partial charge < -0.3 is 31.3 Å². The third-order valence-electron chi connectivity index (χ3n) is 6.63. The SMILES string of the molecule is CC(C)N[C@@H]1CN(c2cc(C#N)cc(Nc3nc(NC4CC4)c4ncc(C#N)n4n3)c2Cl)CC[C@@H]1NC(=O)O. The molecule has 3 heterocycles. The van der Waals surface area contributed by atoms with Gasteiger partial charge in [0.05, 0.1) is 40.3 Å². The number of rotatable bonds is 8. The van der Waals surface area contributed by atoms with Crippen molar-refractivity contribution in [3.63, 3.8) is 0 Å². The summed E-state index contributed by atoms with van der Waals surface area (Å²) < 4.78 is 1.42. The molecule has 1 saturated heterocycles. The number of carbonyl (C=O) groups is 1. The van der Waals surface area contributed by atoms with E-state index in [9.17, 15) is 20.4 Å². The van der Waals surface area contributed by atoms with Crippen molar-refractivity contribution in [2.24, 2.45) is 0 Å². The topological polar surface area (TPSA) is 179 Å². The van der Waals surface area contributed by atoms with Crippen LogP contribution in [0.15, 0.2) is 18.3 Å². The molecular weight excluding hydrogens is 522 g/mol. The summed E-state index contributed by atoms with van der Waals surface area (Å²) in [7, 11) is 0. The van der Waals surface area contributed by atoms with E-state index in [0.29, 0.717) is 59.0 Å². The van der Waals surface area contributed by atoms with E-state index in [1.807, 2.05) is 18.7 Å². The van der Waals surface area contributed by atoms with Gasteiger partial charge in [-0.1, -0.05) is 25.4 Å². The summed E-state index contributed by atoms with van der Waals surface area (Å²) in [5.41, 5.74) is 2.16. The van der Waals surface area contributed by atoms with Crippen molar-refractivity contribution in [2.45, 2.75) is 57.3 Å². The lowest BCUT2D eigenvalue weighted by Crippen LogP contribution is -2.60. The van der Waals surface area contributed by atoms with Crippen LogP contribution in [0.4, 0.5) is 27.9 Å². The average Bonchev–Trinajstić information content (AvgIpc) is 3.61. The molecule has 1 saturated carbocycles. The van der Waals surface area contributed by atoms with Gasteiger partial charge in [-0.2, -0.15) is 20.0 Å². The van der Waals surface area contributed by atoms with Crippen molar-refractivity contribution in [1.82, 2.24) is 30.2 Å². The fourth-order valence-corrected chi connectivity index (χ4v) is 5.02. The second-order valence-corrected chi connectivity index (χ2v) is 10.4. The Morgan fingerprint density at radius 3 is 2.67 bits per heavy atom. The van der Waals surface area contributed by atoms with Crippen LogP contribution in [0.1, 0.15) is 44.4 Å². The zero-order chi connectivity index (χ0) is 27.7. The van der Waals surface area contributed by atoms with Gasteiger partial charge in [0, 0.05) is 31.2 Å². The van der Waals surface area contributed by atoms with Crippen molar-refractivity contribution in [3.8, 4) is 12.1 Å². The van der Waals surface area contributed by atoms with Gasteiger partial charge in [-0.15, -0.1) is 5.10 Å². The predicted molar refractivity (Wildman–Crippen MR) is 145 cm³/mol. The number of aromatic nitrogens is 4. The molecule has 5 rings (SSSR count). The van der Waals surface area contributed by atoms with Crippen LogP contribution < -0.4 is 26.2 Å². The van der Waals surface area contributed by atoms with Crippen molar-refractivity contribution in [2.75, 3.05) is 28.6 Å². The van der Waals surface area contributed by atoms with Crippen LogP contribution in [0.5, 0.6) is 0 Å². The molecule has 0 bridgehead atoms. The first-order valence-corrected chi connectivity index (χ1v) is 13.1. The largest absolute Gasteiger partial charge is 0.465 e. The van der Waals surface area contributed by atoms with E-state index in [0.717, 1.165) is 12.8 Å². The molecule has 2 fully saturated rings. The van der Waals surface area contributed by atoms with Crippen LogP contribution in [-0.2, 0) is 0 Å². The van der Waals surface area contributed by atoms with Gasteiger partial charge in [0.25, 0.3) is 0 Å². The van der Waals surface area contributed by atoms with E-state index in [-0.39, 0.29) is 29.8 Å². The fraction of sp³-hybridized carbons (Fsp3) is 0.440. The molecule has 2 atom stereocenters. The summed E-state index contributed by atoms with van der Waals surface area (Å²) in [6, 6.07) is 7.61. The fourth-order valence-electron chi connectivity index (χ4n) is 4.74.